The van der Waals surface area contributed by atoms with Gasteiger partial charge in [0.2, 0.25) is 15.9 Å². The van der Waals surface area contributed by atoms with E-state index < -0.39 is 116 Å². The number of carbonyl (C=O) groups is 1. The van der Waals surface area contributed by atoms with Gasteiger partial charge in [0.15, 0.2) is 11.5 Å². The number of nitrogens with zero attached hydrogens (tertiary/aromatic N) is 7. The Hall–Kier alpha value is -6.42. The highest BCUT2D eigenvalue weighted by Crippen LogP contribution is 2.68. The van der Waals surface area contributed by atoms with Crippen molar-refractivity contribution in [2.45, 2.75) is 43.7 Å². The Morgan fingerprint density at radius 1 is 0.984 bits per heavy atom. The number of hydrogen-bond donors (Lipinski definition) is 2. The van der Waals surface area contributed by atoms with Crippen LogP contribution in [0, 0.1) is 29.2 Å². The first-order chi connectivity index (χ1) is 29.7. The highest BCUT2D eigenvalue weighted by Gasteiger charge is 2.67. The molecule has 23 heteroatoms. The number of benzene rings is 3. The van der Waals surface area contributed by atoms with Crippen LogP contribution in [0.15, 0.2) is 65.5 Å². The number of pyridine rings is 1. The molecule has 0 aliphatic heterocycles. The highest BCUT2D eigenvalue weighted by molar-refractivity contribution is 7.92. The highest BCUT2D eigenvalue weighted by atomic mass is 35.5. The van der Waals surface area contributed by atoms with Gasteiger partial charge in [-0.05, 0) is 66.4 Å². The van der Waals surface area contributed by atoms with E-state index in [-0.39, 0.29) is 56.1 Å². The van der Waals surface area contributed by atoms with Gasteiger partial charge in [-0.2, -0.15) is 19.0 Å². The number of nitrogens with one attached hydrogen (secondary N) is 2. The molecule has 63 heavy (non-hydrogen) atoms. The monoisotopic (exact) mass is 917 g/mol. The molecule has 4 heterocycles. The maximum atomic E-state index is 15.5. The minimum absolute atomic E-state index is 0.00506. The third-order valence-corrected chi connectivity index (χ3v) is 11.8. The quantitative estimate of drug-likeness (QED) is 0.128. The van der Waals surface area contributed by atoms with Gasteiger partial charge in [-0.25, -0.2) is 44.7 Å². The van der Waals surface area contributed by atoms with Crippen LogP contribution in [0.3, 0.4) is 0 Å². The fraction of sp³-hybridized carbons (Fsp3) is 0.250. The predicted octanol–water partition coefficient (Wildman–Crippen LogP) is 7.36. The lowest BCUT2D eigenvalue weighted by molar-refractivity contribution is -0.123. The summed E-state index contributed by atoms with van der Waals surface area (Å²) >= 11 is 6.58. The molecule has 3 atom stereocenters. The summed E-state index contributed by atoms with van der Waals surface area (Å²) in [6.07, 6.45) is -3.04. The van der Waals surface area contributed by atoms with Gasteiger partial charge in [-0.15, -0.1) is 0 Å². The third-order valence-electron chi connectivity index (χ3n) is 10.9. The Labute approximate surface area is 354 Å². The molecule has 0 bridgehead atoms. The van der Waals surface area contributed by atoms with Crippen molar-refractivity contribution >= 4 is 55.3 Å². The molecule has 0 spiro atoms. The number of aryl methyl sites for hydroxylation is 1. The van der Waals surface area contributed by atoms with Crippen molar-refractivity contribution in [3.8, 4) is 16.9 Å². The van der Waals surface area contributed by atoms with Crippen LogP contribution in [0.2, 0.25) is 5.02 Å². The van der Waals surface area contributed by atoms with Crippen molar-refractivity contribution < 1.29 is 48.3 Å². The Bertz CT molecular complexity index is 3230. The van der Waals surface area contributed by atoms with E-state index >= 15 is 17.6 Å². The standard InChI is InChI=1S/C40H28ClF8N9O4S/c1-56-33-27(9-7-22(41)30(33)37(54-56)55-63(2,61)62)58-38(52-36-19(39(58)60)6-8-25(51-36)31-23(44)4-3-5-24(31)45)26(12-16-10-17(42)13-18(43)11-16)50-28(59)15-57-34-29(32(53-57)35(46)47)20-14-21(20)40(34,48)49/h3-11,13,20-21,26,35H,12,14-15H2,1-2H3,(H,50,59)(H,54,55)/t20?,21?,26-/m0/s1. The van der Waals surface area contributed by atoms with Crippen LogP contribution in [0.25, 0.3) is 38.9 Å². The average molecular weight is 918 g/mol. The minimum Gasteiger partial charge on any atom is -0.344 e. The lowest BCUT2D eigenvalue weighted by atomic mass is 10.0. The van der Waals surface area contributed by atoms with E-state index in [1.165, 1.54) is 29.9 Å². The number of alkyl halides is 4. The molecule has 0 radical (unpaired) electrons. The van der Waals surface area contributed by atoms with Crippen LogP contribution in [0.4, 0.5) is 40.9 Å². The normalized spacial score (nSPS) is 17.0. The van der Waals surface area contributed by atoms with Crippen molar-refractivity contribution in [3.05, 3.63) is 128 Å². The number of rotatable bonds is 11. The number of sulfonamides is 1. The van der Waals surface area contributed by atoms with Gasteiger partial charge < -0.3 is 5.32 Å². The fourth-order valence-electron chi connectivity index (χ4n) is 8.34. The van der Waals surface area contributed by atoms with E-state index in [0.717, 1.165) is 47.2 Å². The van der Waals surface area contributed by atoms with Crippen molar-refractivity contribution in [1.82, 2.24) is 39.4 Å². The second-order valence-corrected chi connectivity index (χ2v) is 17.3. The van der Waals surface area contributed by atoms with Crippen molar-refractivity contribution in [1.29, 1.82) is 0 Å². The number of halogens is 9. The Balaban J connectivity index is 1.27. The predicted molar refractivity (Wildman–Crippen MR) is 211 cm³/mol. The molecule has 3 aromatic carbocycles. The van der Waals surface area contributed by atoms with E-state index in [0.29, 0.717) is 10.7 Å². The van der Waals surface area contributed by atoms with Gasteiger partial charge in [0.05, 0.1) is 50.6 Å². The molecular weight excluding hydrogens is 890 g/mol. The lowest BCUT2D eigenvalue weighted by Gasteiger charge is -2.24. The number of fused-ring (bicyclic) bond motifs is 5. The van der Waals surface area contributed by atoms with Crippen molar-refractivity contribution in [2.24, 2.45) is 13.0 Å². The lowest BCUT2D eigenvalue weighted by Crippen LogP contribution is -2.38. The van der Waals surface area contributed by atoms with Gasteiger partial charge in [0.25, 0.3) is 17.9 Å². The van der Waals surface area contributed by atoms with E-state index in [4.69, 9.17) is 11.6 Å². The number of hydrogen-bond acceptors (Lipinski definition) is 8. The first-order valence-electron chi connectivity index (χ1n) is 18.7. The molecule has 2 unspecified atom stereocenters. The van der Waals surface area contributed by atoms with Crippen molar-refractivity contribution in [2.75, 3.05) is 11.0 Å². The summed E-state index contributed by atoms with van der Waals surface area (Å²) in [5.41, 5.74) is -4.65. The summed E-state index contributed by atoms with van der Waals surface area (Å²) < 4.78 is 148. The molecule has 13 nitrogen and oxygen atoms in total. The van der Waals surface area contributed by atoms with Crippen LogP contribution < -0.4 is 15.6 Å². The first kappa shape index (κ1) is 41.9. The van der Waals surface area contributed by atoms with Crippen LogP contribution in [-0.4, -0.2) is 54.7 Å². The second kappa shape index (κ2) is 14.9. The molecule has 1 saturated carbocycles. The van der Waals surface area contributed by atoms with Gasteiger partial charge in [0.1, 0.15) is 47.0 Å². The van der Waals surface area contributed by atoms with E-state index in [2.05, 4.69) is 30.2 Å². The van der Waals surface area contributed by atoms with Crippen LogP contribution in [-0.2, 0) is 40.8 Å². The third kappa shape index (κ3) is 7.23. The smallest absolute Gasteiger partial charge is 0.293 e. The summed E-state index contributed by atoms with van der Waals surface area (Å²) in [4.78, 5) is 37.9. The number of carbonyl (C=O) groups excluding carboxylic acids is 1. The molecule has 0 saturated heterocycles. The Kier molecular flexibility index (Phi) is 9.88. The Morgan fingerprint density at radius 2 is 1.68 bits per heavy atom. The van der Waals surface area contributed by atoms with Gasteiger partial charge in [-0.3, -0.25) is 28.2 Å². The molecular formula is C40H28ClF8N9O4S. The molecule has 2 aliphatic carbocycles. The van der Waals surface area contributed by atoms with Gasteiger partial charge >= 0.3 is 0 Å². The summed E-state index contributed by atoms with van der Waals surface area (Å²) in [6, 6.07) is 8.65. The number of aromatic nitrogens is 7. The fourth-order valence-corrected chi connectivity index (χ4v) is 9.08. The van der Waals surface area contributed by atoms with Crippen molar-refractivity contribution in [3.63, 3.8) is 0 Å². The van der Waals surface area contributed by atoms with Gasteiger partial charge in [0, 0.05) is 31.0 Å². The summed E-state index contributed by atoms with van der Waals surface area (Å²) in [5, 5.41) is 10.1. The Morgan fingerprint density at radius 3 is 2.35 bits per heavy atom. The SMILES string of the molecule is Cn1nc(NS(C)(=O)=O)c2c(Cl)ccc(-n3c([C@H](Cc4cc(F)cc(F)c4)NC(=O)Cn4nc(C(F)F)c5c4C(F)(F)C4CC54)nc4nc(-c5c(F)cccc5F)ccc4c3=O)c21. The van der Waals surface area contributed by atoms with Gasteiger partial charge in [-0.1, -0.05) is 17.7 Å². The molecule has 9 rings (SSSR count). The van der Waals surface area contributed by atoms with E-state index in [9.17, 15) is 35.6 Å². The second-order valence-electron chi connectivity index (χ2n) is 15.2. The zero-order valence-electron chi connectivity index (χ0n) is 32.3. The van der Waals surface area contributed by atoms with E-state index in [1.54, 1.807) is 0 Å². The number of amides is 1. The molecule has 4 aromatic heterocycles. The molecule has 2 N–H and O–H groups in total. The average Bonchev–Trinajstić information content (AvgIpc) is 3.73. The summed E-state index contributed by atoms with van der Waals surface area (Å²) in [7, 11) is -2.58. The molecule has 2 aliphatic rings. The largest absolute Gasteiger partial charge is 0.344 e. The zero-order chi connectivity index (χ0) is 45.0. The van der Waals surface area contributed by atoms with Crippen LogP contribution in [0.1, 0.15) is 53.1 Å². The maximum absolute atomic E-state index is 15.5. The molecule has 1 amide bonds. The first-order valence-corrected chi connectivity index (χ1v) is 21.0. The number of anilines is 1. The molecule has 326 valence electrons. The topological polar surface area (TPSA) is 159 Å². The zero-order valence-corrected chi connectivity index (χ0v) is 33.9. The molecule has 1 fully saturated rings. The minimum atomic E-state index is -3.97. The van der Waals surface area contributed by atoms with Crippen LogP contribution in [0.5, 0.6) is 0 Å². The summed E-state index contributed by atoms with van der Waals surface area (Å²) in [5.74, 6) is -11.8. The van der Waals surface area contributed by atoms with Crippen LogP contribution >= 0.6 is 11.6 Å². The summed E-state index contributed by atoms with van der Waals surface area (Å²) in [6.45, 7) is -1.07. The molecule has 7 aromatic rings. The maximum Gasteiger partial charge on any atom is 0.293 e. The van der Waals surface area contributed by atoms with E-state index in [1.807, 2.05) is 0 Å².